The van der Waals surface area contributed by atoms with Gasteiger partial charge in [-0.25, -0.2) is 8.78 Å². The highest BCUT2D eigenvalue weighted by Crippen LogP contribution is 2.28. The number of halogens is 3. The van der Waals surface area contributed by atoms with Gasteiger partial charge in [-0.15, -0.1) is 10.2 Å². The number of carbonyl (C=O) groups excluding carboxylic acids is 3. The molecule has 0 bridgehead atoms. The minimum Gasteiger partial charge on any atom is -0.383 e. The summed E-state index contributed by atoms with van der Waals surface area (Å²) in [7, 11) is 1.20. The van der Waals surface area contributed by atoms with Gasteiger partial charge in [-0.2, -0.15) is 0 Å². The zero-order chi connectivity index (χ0) is 29.6. The molecule has 1 unspecified atom stereocenters. The maximum absolute atomic E-state index is 15.7. The standard InChI is InChI=1S/C23H26ClF2N5O4/c1-22(2,3)21(34)28-17-9-15(18(24)30-29-17)16(10-35-4)27-11-23(25,26)12-31-19(32)13-7-5-6-8-14(13)20(31)33/h5-9,16,27H,10-12H2,1-4H3,(H,28,29,34)/i11D2,12D2. The topological polar surface area (TPSA) is 114 Å². The Bertz CT molecular complexity index is 1270. The summed E-state index contributed by atoms with van der Waals surface area (Å²) in [5.41, 5.74) is -1.49. The fourth-order valence-electron chi connectivity index (χ4n) is 3.01. The van der Waals surface area contributed by atoms with Crippen LogP contribution in [0.3, 0.4) is 0 Å². The van der Waals surface area contributed by atoms with Crippen molar-refractivity contribution in [1.29, 1.82) is 0 Å². The lowest BCUT2D eigenvalue weighted by Crippen LogP contribution is -2.46. The quantitative estimate of drug-likeness (QED) is 0.494. The SMILES string of the molecule is [2H]C([2H])(NC(COC)c1cc(NC(=O)C(C)(C)C)nnc1Cl)C(F)(F)C([2H])([2H])N1C(=O)c2ccccc2C1=O. The Kier molecular flexibility index (Phi) is 6.27. The summed E-state index contributed by atoms with van der Waals surface area (Å²) in [5.74, 6) is -8.21. The molecule has 12 heteroatoms. The molecule has 1 atom stereocenters. The van der Waals surface area contributed by atoms with E-state index in [1.807, 2.05) is 5.32 Å². The molecule has 1 aliphatic rings. The number of hydrogen-bond acceptors (Lipinski definition) is 7. The molecule has 1 aliphatic heterocycles. The van der Waals surface area contributed by atoms with Crippen LogP contribution in [0.5, 0.6) is 0 Å². The van der Waals surface area contributed by atoms with Crippen molar-refractivity contribution >= 4 is 35.1 Å². The highest BCUT2D eigenvalue weighted by atomic mass is 35.5. The lowest BCUT2D eigenvalue weighted by Gasteiger charge is -2.26. The van der Waals surface area contributed by atoms with Crippen molar-refractivity contribution in [3.63, 3.8) is 0 Å². The first-order chi connectivity index (χ1) is 17.9. The number of imide groups is 1. The molecule has 1 aromatic heterocycles. The van der Waals surface area contributed by atoms with Crippen LogP contribution in [0.25, 0.3) is 0 Å². The van der Waals surface area contributed by atoms with Gasteiger partial charge in [0.15, 0.2) is 11.0 Å². The summed E-state index contributed by atoms with van der Waals surface area (Å²) in [6, 6.07) is 4.83. The number of nitrogens with one attached hydrogen (secondary N) is 2. The molecular weight excluding hydrogens is 484 g/mol. The van der Waals surface area contributed by atoms with E-state index in [1.165, 1.54) is 37.4 Å². The Hall–Kier alpha value is -3.02. The summed E-state index contributed by atoms with van der Waals surface area (Å²) in [6.07, 6.45) is 0. The van der Waals surface area contributed by atoms with E-state index >= 15 is 8.78 Å². The van der Waals surface area contributed by atoms with Gasteiger partial charge in [0.2, 0.25) is 5.91 Å². The van der Waals surface area contributed by atoms with Gasteiger partial charge in [-0.05, 0) is 18.2 Å². The van der Waals surface area contributed by atoms with Crippen molar-refractivity contribution in [3.8, 4) is 0 Å². The van der Waals surface area contributed by atoms with Gasteiger partial charge in [-0.1, -0.05) is 44.5 Å². The van der Waals surface area contributed by atoms with E-state index in [2.05, 4.69) is 15.5 Å². The second kappa shape index (κ2) is 10.3. The Balaban J connectivity index is 1.96. The van der Waals surface area contributed by atoms with Crippen molar-refractivity contribution in [3.05, 3.63) is 52.2 Å². The molecule has 3 amide bonds. The first-order valence-electron chi connectivity index (χ1n) is 12.3. The highest BCUT2D eigenvalue weighted by Gasteiger charge is 2.42. The number of anilines is 1. The van der Waals surface area contributed by atoms with Gasteiger partial charge >= 0.3 is 0 Å². The zero-order valence-corrected chi connectivity index (χ0v) is 20.0. The molecule has 2 aromatic rings. The van der Waals surface area contributed by atoms with Crippen LogP contribution in [0.1, 0.15) is 58.6 Å². The number of fused-ring (bicyclic) bond motifs is 1. The normalized spacial score (nSPS) is 17.3. The minimum atomic E-state index is -5.00. The van der Waals surface area contributed by atoms with E-state index in [9.17, 15) is 14.4 Å². The second-order valence-electron chi connectivity index (χ2n) is 8.63. The lowest BCUT2D eigenvalue weighted by atomic mass is 9.96. The van der Waals surface area contributed by atoms with Crippen LogP contribution in [0.4, 0.5) is 14.6 Å². The van der Waals surface area contributed by atoms with Crippen LogP contribution in [-0.2, 0) is 9.53 Å². The number of carbonyl (C=O) groups is 3. The number of methoxy groups -OCH3 is 1. The third kappa shape index (κ3) is 6.16. The Morgan fingerprint density at radius 1 is 1.20 bits per heavy atom. The summed E-state index contributed by atoms with van der Waals surface area (Å²) >= 11 is 6.12. The summed E-state index contributed by atoms with van der Waals surface area (Å²) < 4.78 is 68.8. The third-order valence-corrected chi connectivity index (χ3v) is 5.15. The predicted molar refractivity (Wildman–Crippen MR) is 125 cm³/mol. The zero-order valence-electron chi connectivity index (χ0n) is 23.3. The molecule has 0 saturated heterocycles. The van der Waals surface area contributed by atoms with Crippen LogP contribution in [0, 0.1) is 5.41 Å². The number of nitrogens with zero attached hydrogens (tertiary/aromatic N) is 3. The second-order valence-corrected chi connectivity index (χ2v) is 8.99. The van der Waals surface area contributed by atoms with Gasteiger partial charge in [0.25, 0.3) is 17.7 Å². The Morgan fingerprint density at radius 2 is 1.80 bits per heavy atom. The van der Waals surface area contributed by atoms with E-state index in [4.69, 9.17) is 21.8 Å². The highest BCUT2D eigenvalue weighted by molar-refractivity contribution is 6.30. The van der Waals surface area contributed by atoms with Crippen LogP contribution in [-0.4, -0.2) is 65.5 Å². The first-order valence-corrected chi connectivity index (χ1v) is 10.7. The molecule has 188 valence electrons. The first kappa shape index (κ1) is 21.3. The van der Waals surface area contributed by atoms with Crippen molar-refractivity contribution in [2.45, 2.75) is 32.7 Å². The van der Waals surface area contributed by atoms with Crippen molar-refractivity contribution in [1.82, 2.24) is 20.4 Å². The summed E-state index contributed by atoms with van der Waals surface area (Å²) in [5, 5.41) is 11.6. The molecule has 9 nitrogen and oxygen atoms in total. The molecule has 0 spiro atoms. The minimum absolute atomic E-state index is 0.0984. The molecule has 0 radical (unpaired) electrons. The van der Waals surface area contributed by atoms with Gasteiger partial charge in [0.05, 0.1) is 39.5 Å². The van der Waals surface area contributed by atoms with E-state index in [0.717, 1.165) is 0 Å². The van der Waals surface area contributed by atoms with Crippen molar-refractivity contribution in [2.24, 2.45) is 5.41 Å². The Labute approximate surface area is 211 Å². The number of hydrogen-bond donors (Lipinski definition) is 2. The van der Waals surface area contributed by atoms with Gasteiger partial charge in [0, 0.05) is 20.8 Å². The van der Waals surface area contributed by atoms with Crippen molar-refractivity contribution in [2.75, 3.05) is 32.0 Å². The van der Waals surface area contributed by atoms with E-state index in [0.29, 0.717) is 0 Å². The fraction of sp³-hybridized carbons (Fsp3) is 0.435. The smallest absolute Gasteiger partial charge is 0.278 e. The lowest BCUT2D eigenvalue weighted by molar-refractivity contribution is -0.123. The van der Waals surface area contributed by atoms with Crippen molar-refractivity contribution < 1.29 is 33.4 Å². The predicted octanol–water partition coefficient (Wildman–Crippen LogP) is 3.32. The molecule has 0 aliphatic carbocycles. The van der Waals surface area contributed by atoms with Gasteiger partial charge in [0.1, 0.15) is 0 Å². The van der Waals surface area contributed by atoms with E-state index < -0.39 is 54.7 Å². The largest absolute Gasteiger partial charge is 0.383 e. The van der Waals surface area contributed by atoms with Crippen LogP contribution in [0.2, 0.25) is 5.15 Å². The van der Waals surface area contributed by atoms with Crippen LogP contribution in [0.15, 0.2) is 30.3 Å². The van der Waals surface area contributed by atoms with E-state index in [-0.39, 0.29) is 32.6 Å². The number of ether oxygens (including phenoxy) is 1. The fourth-order valence-corrected chi connectivity index (χ4v) is 3.24. The average molecular weight is 514 g/mol. The molecular formula is C23H26ClF2N5O4. The third-order valence-electron chi connectivity index (χ3n) is 4.86. The average Bonchev–Trinajstić information content (AvgIpc) is 3.09. The van der Waals surface area contributed by atoms with Gasteiger partial charge in [-0.3, -0.25) is 19.3 Å². The monoisotopic (exact) mass is 513 g/mol. The number of rotatable bonds is 9. The summed E-state index contributed by atoms with van der Waals surface area (Å²) in [4.78, 5) is 37.5. The molecule has 3 rings (SSSR count). The molecule has 1 aromatic carbocycles. The molecule has 2 heterocycles. The molecule has 0 fully saturated rings. The number of amides is 3. The maximum atomic E-state index is 15.7. The van der Waals surface area contributed by atoms with Crippen LogP contribution < -0.4 is 10.6 Å². The number of aromatic nitrogens is 2. The maximum Gasteiger partial charge on any atom is 0.278 e. The number of alkyl halides is 2. The molecule has 0 saturated carbocycles. The number of benzene rings is 1. The molecule has 2 N–H and O–H groups in total. The van der Waals surface area contributed by atoms with Gasteiger partial charge < -0.3 is 15.4 Å². The molecule has 35 heavy (non-hydrogen) atoms. The Morgan fingerprint density at radius 3 is 2.34 bits per heavy atom. The van der Waals surface area contributed by atoms with Crippen LogP contribution >= 0.6 is 11.6 Å². The van der Waals surface area contributed by atoms with E-state index in [1.54, 1.807) is 20.8 Å². The summed E-state index contributed by atoms with van der Waals surface area (Å²) in [6.45, 7) is -3.54.